The number of amides is 2. The standard InChI is InChI=1S/C26H18ClF5N2O3/c27-20-2-1-16(28)9-18(20)23-22-19(25(36)34-23)4-12(3-13-10-37-11-13)5-21(22)33-24(35)14-6-15(26(30,31)32)8-17(29)7-14/h1-2,4-9,13,23H,3,10-11H2,(H,33,35)(H,34,36). The van der Waals surface area contributed by atoms with Gasteiger partial charge in [0, 0.05) is 38.9 Å². The SMILES string of the molecule is O=C(Nc1cc(CC2COC2)cc2c1C(c1cc(F)ccc1Cl)NC2=O)c1cc(F)cc(C(F)(F)F)c1. The smallest absolute Gasteiger partial charge is 0.381 e. The van der Waals surface area contributed by atoms with E-state index in [2.05, 4.69) is 10.6 Å². The van der Waals surface area contributed by atoms with Gasteiger partial charge in [0.1, 0.15) is 11.6 Å². The van der Waals surface area contributed by atoms with Gasteiger partial charge in [-0.2, -0.15) is 13.2 Å². The molecule has 11 heteroatoms. The lowest BCUT2D eigenvalue weighted by atomic mass is 9.91. The van der Waals surface area contributed by atoms with Gasteiger partial charge in [0.25, 0.3) is 11.8 Å². The highest BCUT2D eigenvalue weighted by molar-refractivity contribution is 6.31. The van der Waals surface area contributed by atoms with Crippen LogP contribution < -0.4 is 10.6 Å². The summed E-state index contributed by atoms with van der Waals surface area (Å²) in [7, 11) is 0. The molecule has 0 bridgehead atoms. The highest BCUT2D eigenvalue weighted by atomic mass is 35.5. The summed E-state index contributed by atoms with van der Waals surface area (Å²) in [6.07, 6.45) is -4.34. The van der Waals surface area contributed by atoms with Crippen molar-refractivity contribution in [3.05, 3.63) is 98.6 Å². The van der Waals surface area contributed by atoms with Crippen LogP contribution >= 0.6 is 11.6 Å². The molecular formula is C26H18ClF5N2O3. The van der Waals surface area contributed by atoms with E-state index in [1.54, 1.807) is 12.1 Å². The van der Waals surface area contributed by atoms with E-state index in [0.717, 1.165) is 12.1 Å². The van der Waals surface area contributed by atoms with Crippen LogP contribution in [0.25, 0.3) is 0 Å². The number of alkyl halides is 3. The van der Waals surface area contributed by atoms with Gasteiger partial charge in [-0.05, 0) is 60.5 Å². The van der Waals surface area contributed by atoms with Gasteiger partial charge >= 0.3 is 6.18 Å². The number of anilines is 1. The number of carbonyl (C=O) groups excluding carboxylic acids is 2. The van der Waals surface area contributed by atoms with E-state index in [0.29, 0.717) is 43.4 Å². The van der Waals surface area contributed by atoms with Crippen molar-refractivity contribution in [2.75, 3.05) is 18.5 Å². The zero-order valence-electron chi connectivity index (χ0n) is 18.9. The van der Waals surface area contributed by atoms with Gasteiger partial charge in [0.15, 0.2) is 0 Å². The van der Waals surface area contributed by atoms with Gasteiger partial charge in [-0.1, -0.05) is 11.6 Å². The number of halogens is 6. The molecule has 2 amide bonds. The van der Waals surface area contributed by atoms with Crippen LogP contribution in [0.5, 0.6) is 0 Å². The Hall–Kier alpha value is -3.50. The molecule has 2 heterocycles. The quantitative estimate of drug-likeness (QED) is 0.398. The number of hydrogen-bond donors (Lipinski definition) is 2. The zero-order chi connectivity index (χ0) is 26.5. The van der Waals surface area contributed by atoms with E-state index in [1.165, 1.54) is 6.07 Å². The van der Waals surface area contributed by atoms with E-state index in [9.17, 15) is 31.5 Å². The second-order valence-electron chi connectivity index (χ2n) is 8.96. The third-order valence-electron chi connectivity index (χ3n) is 6.28. The summed E-state index contributed by atoms with van der Waals surface area (Å²) in [5.41, 5.74) is -0.382. The maximum absolute atomic E-state index is 14.1. The first-order valence-electron chi connectivity index (χ1n) is 11.2. The Morgan fingerprint density at radius 2 is 1.81 bits per heavy atom. The molecule has 5 rings (SSSR count). The zero-order valence-corrected chi connectivity index (χ0v) is 19.6. The van der Waals surface area contributed by atoms with Crippen LogP contribution in [-0.2, 0) is 17.3 Å². The molecule has 1 atom stereocenters. The fourth-order valence-electron chi connectivity index (χ4n) is 4.50. The number of fused-ring (bicyclic) bond motifs is 1. The fourth-order valence-corrected chi connectivity index (χ4v) is 4.72. The van der Waals surface area contributed by atoms with Crippen molar-refractivity contribution in [1.29, 1.82) is 0 Å². The number of benzene rings is 3. The molecule has 1 fully saturated rings. The summed E-state index contributed by atoms with van der Waals surface area (Å²) in [5.74, 6) is -3.15. The normalized spacial score (nSPS) is 17.2. The molecule has 2 aliphatic heterocycles. The highest BCUT2D eigenvalue weighted by Gasteiger charge is 2.36. The Kier molecular flexibility index (Phi) is 6.41. The molecular weight excluding hydrogens is 519 g/mol. The van der Waals surface area contributed by atoms with Crippen molar-refractivity contribution >= 4 is 29.1 Å². The van der Waals surface area contributed by atoms with Crippen molar-refractivity contribution in [1.82, 2.24) is 5.32 Å². The second-order valence-corrected chi connectivity index (χ2v) is 9.37. The van der Waals surface area contributed by atoms with Crippen LogP contribution in [-0.4, -0.2) is 25.0 Å². The Balaban J connectivity index is 1.59. The van der Waals surface area contributed by atoms with Gasteiger partial charge in [-0.15, -0.1) is 0 Å². The molecule has 0 aliphatic carbocycles. The molecule has 3 aromatic rings. The molecule has 37 heavy (non-hydrogen) atoms. The molecule has 1 saturated heterocycles. The molecule has 192 valence electrons. The van der Waals surface area contributed by atoms with Crippen molar-refractivity contribution < 1.29 is 36.3 Å². The summed E-state index contributed by atoms with van der Waals surface area (Å²) < 4.78 is 72.8. The number of hydrogen-bond acceptors (Lipinski definition) is 3. The number of carbonyl (C=O) groups is 2. The van der Waals surface area contributed by atoms with E-state index in [4.69, 9.17) is 16.3 Å². The Bertz CT molecular complexity index is 1420. The topological polar surface area (TPSA) is 67.4 Å². The van der Waals surface area contributed by atoms with E-state index in [-0.39, 0.29) is 33.3 Å². The van der Waals surface area contributed by atoms with Crippen LogP contribution in [0.2, 0.25) is 5.02 Å². The minimum atomic E-state index is -4.86. The number of ether oxygens (including phenoxy) is 1. The molecule has 5 nitrogen and oxygen atoms in total. The van der Waals surface area contributed by atoms with E-state index in [1.807, 2.05) is 0 Å². The van der Waals surface area contributed by atoms with Crippen LogP contribution in [0.4, 0.5) is 27.6 Å². The van der Waals surface area contributed by atoms with E-state index < -0.39 is 46.8 Å². The van der Waals surface area contributed by atoms with Crippen LogP contribution in [0.3, 0.4) is 0 Å². The third-order valence-corrected chi connectivity index (χ3v) is 6.63. The van der Waals surface area contributed by atoms with Gasteiger partial charge in [0.2, 0.25) is 0 Å². The van der Waals surface area contributed by atoms with Crippen molar-refractivity contribution in [2.45, 2.75) is 18.6 Å². The molecule has 0 saturated carbocycles. The first-order chi connectivity index (χ1) is 17.5. The molecule has 3 aromatic carbocycles. The molecule has 0 radical (unpaired) electrons. The fraction of sp³-hybridized carbons (Fsp3) is 0.231. The third kappa shape index (κ3) is 5.03. The predicted octanol–water partition coefficient (Wildman–Crippen LogP) is 5.91. The predicted molar refractivity (Wildman–Crippen MR) is 125 cm³/mol. The second kappa shape index (κ2) is 9.42. The Labute approximate surface area is 212 Å². The van der Waals surface area contributed by atoms with Gasteiger partial charge in [-0.25, -0.2) is 8.78 Å². The number of rotatable bonds is 5. The average Bonchev–Trinajstić information content (AvgIpc) is 3.13. The summed E-state index contributed by atoms with van der Waals surface area (Å²) in [4.78, 5) is 26.0. The lowest BCUT2D eigenvalue weighted by Crippen LogP contribution is -2.29. The first kappa shape index (κ1) is 25.2. The van der Waals surface area contributed by atoms with Crippen molar-refractivity contribution in [3.8, 4) is 0 Å². The molecule has 1 unspecified atom stereocenters. The molecule has 2 N–H and O–H groups in total. The largest absolute Gasteiger partial charge is 0.416 e. The summed E-state index contributed by atoms with van der Waals surface area (Å²) >= 11 is 6.28. The van der Waals surface area contributed by atoms with Gasteiger partial charge < -0.3 is 15.4 Å². The van der Waals surface area contributed by atoms with Crippen LogP contribution in [0.1, 0.15) is 49.0 Å². The minimum absolute atomic E-state index is 0.110. The van der Waals surface area contributed by atoms with E-state index >= 15 is 0 Å². The maximum Gasteiger partial charge on any atom is 0.416 e. The molecule has 0 spiro atoms. The van der Waals surface area contributed by atoms with Gasteiger partial charge in [-0.3, -0.25) is 9.59 Å². The molecule has 0 aromatic heterocycles. The monoisotopic (exact) mass is 536 g/mol. The summed E-state index contributed by atoms with van der Waals surface area (Å²) in [6.45, 7) is 1.05. The average molecular weight is 537 g/mol. The lowest BCUT2D eigenvalue weighted by Gasteiger charge is -2.26. The Morgan fingerprint density at radius 3 is 2.49 bits per heavy atom. The Morgan fingerprint density at radius 1 is 1.05 bits per heavy atom. The summed E-state index contributed by atoms with van der Waals surface area (Å²) in [6, 6.07) is 7.44. The number of nitrogens with one attached hydrogen (secondary N) is 2. The van der Waals surface area contributed by atoms with Crippen molar-refractivity contribution in [2.24, 2.45) is 5.92 Å². The first-order valence-corrected chi connectivity index (χ1v) is 11.6. The minimum Gasteiger partial charge on any atom is -0.381 e. The molecule has 2 aliphatic rings. The highest BCUT2D eigenvalue weighted by Crippen LogP contribution is 2.41. The maximum atomic E-state index is 14.1. The summed E-state index contributed by atoms with van der Waals surface area (Å²) in [5, 5.41) is 5.42. The van der Waals surface area contributed by atoms with Crippen LogP contribution in [0, 0.1) is 17.6 Å². The van der Waals surface area contributed by atoms with Crippen molar-refractivity contribution in [3.63, 3.8) is 0 Å². The van der Waals surface area contributed by atoms with Gasteiger partial charge in [0.05, 0.1) is 24.8 Å². The lowest BCUT2D eigenvalue weighted by molar-refractivity contribution is -0.137. The van der Waals surface area contributed by atoms with Crippen LogP contribution in [0.15, 0.2) is 48.5 Å².